The van der Waals surface area contributed by atoms with E-state index >= 15 is 0 Å². The average Bonchev–Trinajstić information content (AvgIpc) is 0.722. The Bertz CT molecular complexity index is 57.8. The minimum Gasteiger partial charge on any atom is -0.822 e. The summed E-state index contributed by atoms with van der Waals surface area (Å²) in [4.78, 5) is 25.6. The normalized spacial score (nSPS) is 8.43. The first-order chi connectivity index (χ1) is 2.00. The second-order valence-corrected chi connectivity index (χ2v) is 1.34. The second kappa shape index (κ2) is 5.62. The zero-order chi connectivity index (χ0) is 4.50. The van der Waals surface area contributed by atoms with Gasteiger partial charge in [0.1, 0.15) is 0 Å². The standard InChI is InChI=1S/Bi.Ni.H3O4P/c;;1-5(2,3)4/h;;(H3,1,2,3,4)/q+3;+2;/p-3. The van der Waals surface area contributed by atoms with Crippen LogP contribution in [0, 0.1) is 0 Å². The first-order valence-electron chi connectivity index (χ1n) is 0.730. The van der Waals surface area contributed by atoms with E-state index in [1.165, 1.54) is 0 Å². The summed E-state index contributed by atoms with van der Waals surface area (Å²) in [6.45, 7) is 0. The van der Waals surface area contributed by atoms with Crippen LogP contribution < -0.4 is 14.7 Å². The molecule has 7 heteroatoms. The first-order valence-corrected chi connectivity index (χ1v) is 2.19. The zero-order valence-corrected chi connectivity index (χ0v) is 8.20. The van der Waals surface area contributed by atoms with Crippen molar-refractivity contribution in [1.82, 2.24) is 0 Å². The molecule has 42 valence electrons. The molecule has 0 aromatic heterocycles. The van der Waals surface area contributed by atoms with Gasteiger partial charge in [0.05, 0.1) is 0 Å². The van der Waals surface area contributed by atoms with Crippen molar-refractivity contribution in [3.05, 3.63) is 0 Å². The molecular formula is BiNiO4P+2. The topological polar surface area (TPSA) is 86.2 Å². The Morgan fingerprint density at radius 1 is 1.14 bits per heavy atom. The molecule has 0 aromatic rings. The van der Waals surface area contributed by atoms with E-state index in [1.54, 1.807) is 0 Å². The zero-order valence-electron chi connectivity index (χ0n) is 2.84. The monoisotopic (exact) mass is 362 g/mol. The second-order valence-electron chi connectivity index (χ2n) is 0.447. The molecule has 0 aliphatic heterocycles. The smallest absolute Gasteiger partial charge is 0.822 e. The molecule has 0 unspecified atom stereocenters. The van der Waals surface area contributed by atoms with Crippen molar-refractivity contribution in [2.75, 3.05) is 0 Å². The van der Waals surface area contributed by atoms with Gasteiger partial charge >= 0.3 is 42.7 Å². The maximum absolute atomic E-state index is 8.55. The van der Waals surface area contributed by atoms with Crippen LogP contribution in [0.3, 0.4) is 0 Å². The summed E-state index contributed by atoms with van der Waals surface area (Å²) in [7, 11) is -5.39. The van der Waals surface area contributed by atoms with Gasteiger partial charge in [-0.1, -0.05) is 0 Å². The third-order valence-electron chi connectivity index (χ3n) is 0. The van der Waals surface area contributed by atoms with E-state index in [2.05, 4.69) is 0 Å². The quantitative estimate of drug-likeness (QED) is 0.335. The van der Waals surface area contributed by atoms with Gasteiger partial charge < -0.3 is 19.2 Å². The molecule has 0 rings (SSSR count). The van der Waals surface area contributed by atoms with E-state index in [4.69, 9.17) is 19.2 Å². The summed E-state index contributed by atoms with van der Waals surface area (Å²) in [5, 5.41) is 0. The first kappa shape index (κ1) is 15.8. The van der Waals surface area contributed by atoms with Crippen molar-refractivity contribution in [3.63, 3.8) is 0 Å². The van der Waals surface area contributed by atoms with Crippen LogP contribution in [-0.4, -0.2) is 26.2 Å². The minimum absolute atomic E-state index is 0. The SMILES string of the molecule is O=P([O-])([O-])[O-].[Bi+3].[Ni+2]. The molecule has 0 heterocycles. The van der Waals surface area contributed by atoms with E-state index < -0.39 is 7.82 Å². The summed E-state index contributed by atoms with van der Waals surface area (Å²) in [5.41, 5.74) is 0. The molecular weight excluding hydrogens is 363 g/mol. The van der Waals surface area contributed by atoms with Gasteiger partial charge in [0.2, 0.25) is 0 Å². The molecule has 0 aromatic carbocycles. The summed E-state index contributed by atoms with van der Waals surface area (Å²) in [6, 6.07) is 0. The summed E-state index contributed by atoms with van der Waals surface area (Å²) >= 11 is 0. The number of hydrogen-bond donors (Lipinski definition) is 0. The van der Waals surface area contributed by atoms with Crippen LogP contribution in [0.5, 0.6) is 0 Å². The fourth-order valence-electron chi connectivity index (χ4n) is 0. The van der Waals surface area contributed by atoms with Gasteiger partial charge in [-0.15, -0.1) is 0 Å². The number of hydrogen-bond acceptors (Lipinski definition) is 4. The molecule has 0 saturated carbocycles. The average molecular weight is 363 g/mol. The summed E-state index contributed by atoms with van der Waals surface area (Å²) in [5.74, 6) is 0. The fraction of sp³-hybridized carbons (Fsp3) is 0. The largest absolute Gasteiger partial charge is 3.00 e. The summed E-state index contributed by atoms with van der Waals surface area (Å²) in [6.07, 6.45) is 0. The van der Waals surface area contributed by atoms with Gasteiger partial charge in [-0.25, -0.2) is 0 Å². The van der Waals surface area contributed by atoms with Crippen molar-refractivity contribution in [2.45, 2.75) is 0 Å². The Morgan fingerprint density at radius 2 is 1.14 bits per heavy atom. The molecule has 0 amide bonds. The molecule has 0 saturated heterocycles. The molecule has 0 bridgehead atoms. The fourth-order valence-corrected chi connectivity index (χ4v) is 0. The molecule has 0 aliphatic rings. The molecule has 2 radical (unpaired) electrons. The maximum atomic E-state index is 8.55. The predicted molar refractivity (Wildman–Crippen MR) is 13.4 cm³/mol. The van der Waals surface area contributed by atoms with Crippen molar-refractivity contribution in [2.24, 2.45) is 0 Å². The van der Waals surface area contributed by atoms with Crippen LogP contribution in [0.15, 0.2) is 0 Å². The Hall–Kier alpha value is 1.49. The van der Waals surface area contributed by atoms with Gasteiger partial charge in [0, 0.05) is 0 Å². The van der Waals surface area contributed by atoms with Crippen LogP contribution in [0.1, 0.15) is 0 Å². The maximum Gasteiger partial charge on any atom is 3.00 e. The van der Waals surface area contributed by atoms with Crippen LogP contribution in [-0.2, 0) is 21.1 Å². The van der Waals surface area contributed by atoms with E-state index in [9.17, 15) is 0 Å². The molecule has 0 atom stereocenters. The van der Waals surface area contributed by atoms with Crippen LogP contribution in [0.4, 0.5) is 0 Å². The Kier molecular flexibility index (Phi) is 12.7. The Morgan fingerprint density at radius 3 is 1.14 bits per heavy atom. The van der Waals surface area contributed by atoms with E-state index in [1.807, 2.05) is 0 Å². The molecule has 0 spiro atoms. The molecule has 0 N–H and O–H groups in total. The molecule has 0 aliphatic carbocycles. The number of rotatable bonds is 0. The molecule has 0 fully saturated rings. The van der Waals surface area contributed by atoms with Crippen molar-refractivity contribution in [3.8, 4) is 0 Å². The Labute approximate surface area is 69.6 Å². The third-order valence-corrected chi connectivity index (χ3v) is 0. The van der Waals surface area contributed by atoms with Crippen LogP contribution in [0.2, 0.25) is 0 Å². The van der Waals surface area contributed by atoms with E-state index in [0.29, 0.717) is 0 Å². The van der Waals surface area contributed by atoms with Crippen LogP contribution >= 0.6 is 7.82 Å². The number of phosphoric acid groups is 1. The predicted octanol–water partition coefficient (Wildman–Crippen LogP) is -3.21. The third kappa shape index (κ3) is 102. The van der Waals surface area contributed by atoms with Crippen molar-refractivity contribution < 1.29 is 35.7 Å². The summed E-state index contributed by atoms with van der Waals surface area (Å²) < 4.78 is 8.55. The molecule has 4 nitrogen and oxygen atoms in total. The van der Waals surface area contributed by atoms with E-state index in [0.717, 1.165) is 0 Å². The Balaban J connectivity index is -0.0000000800. The van der Waals surface area contributed by atoms with Gasteiger partial charge in [-0.3, -0.25) is 0 Å². The van der Waals surface area contributed by atoms with Gasteiger partial charge in [0.25, 0.3) is 0 Å². The van der Waals surface area contributed by atoms with Gasteiger partial charge in [-0.05, 0) is 0 Å². The van der Waals surface area contributed by atoms with Crippen molar-refractivity contribution >= 4 is 34.0 Å². The minimum atomic E-state index is -5.39. The van der Waals surface area contributed by atoms with Crippen molar-refractivity contribution in [1.29, 1.82) is 0 Å². The van der Waals surface area contributed by atoms with Crippen LogP contribution in [0.25, 0.3) is 0 Å². The molecule has 7 heavy (non-hydrogen) atoms. The van der Waals surface area contributed by atoms with Gasteiger partial charge in [-0.2, -0.15) is 7.82 Å². The van der Waals surface area contributed by atoms with Gasteiger partial charge in [0.15, 0.2) is 0 Å². The van der Waals surface area contributed by atoms with E-state index in [-0.39, 0.29) is 42.7 Å².